The number of nitrogens with one attached hydrogen (secondary N) is 2. The second-order valence-electron chi connectivity index (χ2n) is 11.1. The summed E-state index contributed by atoms with van der Waals surface area (Å²) >= 11 is 0. The molecule has 2 aromatic heterocycles. The monoisotopic (exact) mass is 576 g/mol. The molecule has 0 aliphatic carbocycles. The topological polar surface area (TPSA) is 133 Å². The Morgan fingerprint density at radius 2 is 1.81 bits per heavy atom. The molecule has 4 N–H and O–H groups in total. The highest BCUT2D eigenvalue weighted by Crippen LogP contribution is 2.33. The number of halogens is 1. The lowest BCUT2D eigenvalue weighted by Crippen LogP contribution is -2.28. The number of amides is 1. The molecule has 0 aliphatic rings. The molecule has 4 rings (SSSR count). The zero-order valence-corrected chi connectivity index (χ0v) is 24.7. The van der Waals surface area contributed by atoms with E-state index in [0.717, 1.165) is 29.1 Å². The number of pyridine rings is 1. The molecule has 0 aliphatic heterocycles. The number of hydrogen-bond donors (Lipinski definition) is 3. The minimum absolute atomic E-state index is 0.0680. The number of carbonyl (C=O) groups is 2. The van der Waals surface area contributed by atoms with E-state index in [2.05, 4.69) is 20.7 Å². The molecule has 0 radical (unpaired) electrons. The maximum atomic E-state index is 15.4. The van der Waals surface area contributed by atoms with Crippen LogP contribution in [0.25, 0.3) is 10.9 Å². The van der Waals surface area contributed by atoms with Gasteiger partial charge in [0.15, 0.2) is 11.6 Å². The van der Waals surface area contributed by atoms with Crippen molar-refractivity contribution in [2.45, 2.75) is 59.2 Å². The predicted molar refractivity (Wildman–Crippen MR) is 160 cm³/mol. The Morgan fingerprint density at radius 1 is 1.10 bits per heavy atom. The molecule has 2 aromatic carbocycles. The summed E-state index contributed by atoms with van der Waals surface area (Å²) in [6.07, 6.45) is 1.81. The van der Waals surface area contributed by atoms with Gasteiger partial charge in [0.2, 0.25) is 0 Å². The molecule has 4 aromatic rings. The standard InChI is InChI=1S/C31H37FN6O4/c1-7-38-25-13-10-21(15-20(25)17-34-38)35-29-23(28(33)40)16-24(32)30(37-29)36-27(19-8-11-22(41-6)12-9-19)18(2)14-26(39)42-31(3,4)5/h8-13,15-18,27H,7,14H2,1-6H3,(H2,33,40)(H2,35,36,37)/t18-,27+/m1/s1. The number of rotatable bonds is 11. The smallest absolute Gasteiger partial charge is 0.306 e. The van der Waals surface area contributed by atoms with Crippen molar-refractivity contribution in [2.75, 3.05) is 17.7 Å². The number of anilines is 3. The highest BCUT2D eigenvalue weighted by atomic mass is 19.1. The lowest BCUT2D eigenvalue weighted by atomic mass is 9.91. The van der Waals surface area contributed by atoms with E-state index in [1.807, 2.05) is 48.9 Å². The summed E-state index contributed by atoms with van der Waals surface area (Å²) in [6, 6.07) is 13.3. The van der Waals surface area contributed by atoms with E-state index < -0.39 is 23.4 Å². The second kappa shape index (κ2) is 12.5. The minimum atomic E-state index is -0.833. The Hall–Kier alpha value is -4.67. The molecular formula is C31H37FN6O4. The highest BCUT2D eigenvalue weighted by Gasteiger charge is 2.27. The van der Waals surface area contributed by atoms with Crippen molar-refractivity contribution in [1.29, 1.82) is 0 Å². The molecule has 0 saturated carbocycles. The van der Waals surface area contributed by atoms with Crippen molar-refractivity contribution < 1.29 is 23.5 Å². The summed E-state index contributed by atoms with van der Waals surface area (Å²) < 4.78 is 28.1. The predicted octanol–water partition coefficient (Wildman–Crippen LogP) is 5.96. The first-order valence-electron chi connectivity index (χ1n) is 13.7. The van der Waals surface area contributed by atoms with Crippen molar-refractivity contribution in [3.63, 3.8) is 0 Å². The third kappa shape index (κ3) is 7.15. The zero-order chi connectivity index (χ0) is 30.6. The van der Waals surface area contributed by atoms with Gasteiger partial charge >= 0.3 is 5.97 Å². The number of nitrogens with zero attached hydrogens (tertiary/aromatic N) is 3. The van der Waals surface area contributed by atoms with Gasteiger partial charge in [-0.25, -0.2) is 9.37 Å². The quantitative estimate of drug-likeness (QED) is 0.186. The summed E-state index contributed by atoms with van der Waals surface area (Å²) in [5, 5.41) is 11.5. The average Bonchev–Trinajstić information content (AvgIpc) is 3.34. The molecule has 0 saturated heterocycles. The van der Waals surface area contributed by atoms with Crippen LogP contribution in [-0.4, -0.2) is 39.4 Å². The molecule has 0 bridgehead atoms. The van der Waals surface area contributed by atoms with Crippen molar-refractivity contribution in [1.82, 2.24) is 14.8 Å². The molecule has 2 heterocycles. The summed E-state index contributed by atoms with van der Waals surface area (Å²) in [7, 11) is 1.57. The van der Waals surface area contributed by atoms with Gasteiger partial charge in [-0.3, -0.25) is 14.3 Å². The van der Waals surface area contributed by atoms with Gasteiger partial charge in [-0.2, -0.15) is 5.10 Å². The average molecular weight is 577 g/mol. The largest absolute Gasteiger partial charge is 0.497 e. The van der Waals surface area contributed by atoms with Gasteiger partial charge in [0.1, 0.15) is 17.2 Å². The van der Waals surface area contributed by atoms with E-state index in [1.54, 1.807) is 46.2 Å². The van der Waals surface area contributed by atoms with E-state index in [4.69, 9.17) is 15.2 Å². The molecule has 2 atom stereocenters. The number of primary amides is 1. The first-order valence-corrected chi connectivity index (χ1v) is 13.7. The summed E-state index contributed by atoms with van der Waals surface area (Å²) in [4.78, 5) is 29.4. The SMILES string of the molecule is CCn1ncc2cc(Nc3nc(N[C@H](c4ccc(OC)cc4)[C@H](C)CC(=O)OC(C)(C)C)c(F)cc3C(N)=O)ccc21. The van der Waals surface area contributed by atoms with Crippen molar-refractivity contribution in [2.24, 2.45) is 11.7 Å². The molecule has 222 valence electrons. The molecule has 11 heteroatoms. The van der Waals surface area contributed by atoms with Crippen molar-refractivity contribution in [3.8, 4) is 5.75 Å². The van der Waals surface area contributed by atoms with Crippen LogP contribution in [0, 0.1) is 11.7 Å². The van der Waals surface area contributed by atoms with Gasteiger partial charge < -0.3 is 25.8 Å². The third-order valence-electron chi connectivity index (χ3n) is 6.69. The lowest BCUT2D eigenvalue weighted by Gasteiger charge is -2.28. The van der Waals surface area contributed by atoms with Crippen LogP contribution in [0.15, 0.2) is 54.7 Å². The van der Waals surface area contributed by atoms with Gasteiger partial charge in [-0.1, -0.05) is 19.1 Å². The molecular weight excluding hydrogens is 539 g/mol. The summed E-state index contributed by atoms with van der Waals surface area (Å²) in [5.74, 6) is -1.69. The molecule has 0 spiro atoms. The van der Waals surface area contributed by atoms with Crippen LogP contribution in [0.1, 0.15) is 63.0 Å². The second-order valence-corrected chi connectivity index (χ2v) is 11.1. The van der Waals surface area contributed by atoms with Gasteiger partial charge in [0.05, 0.1) is 36.8 Å². The van der Waals surface area contributed by atoms with Crippen LogP contribution in [-0.2, 0) is 16.1 Å². The minimum Gasteiger partial charge on any atom is -0.497 e. The van der Waals surface area contributed by atoms with Crippen LogP contribution in [0.4, 0.5) is 21.7 Å². The van der Waals surface area contributed by atoms with Crippen LogP contribution < -0.4 is 21.1 Å². The third-order valence-corrected chi connectivity index (χ3v) is 6.69. The normalized spacial score (nSPS) is 12.9. The van der Waals surface area contributed by atoms with E-state index in [1.165, 1.54) is 0 Å². The number of benzene rings is 2. The molecule has 42 heavy (non-hydrogen) atoms. The molecule has 0 unspecified atom stereocenters. The summed E-state index contributed by atoms with van der Waals surface area (Å²) in [6.45, 7) is 10.00. The first-order chi connectivity index (χ1) is 19.9. The highest BCUT2D eigenvalue weighted by molar-refractivity contribution is 5.99. The fourth-order valence-corrected chi connectivity index (χ4v) is 4.70. The number of methoxy groups -OCH3 is 1. The number of aromatic nitrogens is 3. The van der Waals surface area contributed by atoms with Crippen LogP contribution in [0.5, 0.6) is 5.75 Å². The van der Waals surface area contributed by atoms with E-state index in [-0.39, 0.29) is 35.5 Å². The number of fused-ring (bicyclic) bond motifs is 1. The first kappa shape index (κ1) is 30.3. The number of hydrogen-bond acceptors (Lipinski definition) is 8. The van der Waals surface area contributed by atoms with Gasteiger partial charge in [0.25, 0.3) is 5.91 Å². The number of esters is 1. The number of nitrogens with two attached hydrogens (primary N) is 1. The van der Waals surface area contributed by atoms with E-state index in [9.17, 15) is 9.59 Å². The Kier molecular flexibility index (Phi) is 8.99. The maximum Gasteiger partial charge on any atom is 0.306 e. The fourth-order valence-electron chi connectivity index (χ4n) is 4.70. The molecule has 0 fully saturated rings. The van der Waals surface area contributed by atoms with Crippen molar-refractivity contribution >= 4 is 40.1 Å². The van der Waals surface area contributed by atoms with Crippen LogP contribution in [0.3, 0.4) is 0 Å². The van der Waals surface area contributed by atoms with Crippen LogP contribution >= 0.6 is 0 Å². The zero-order valence-electron chi connectivity index (χ0n) is 24.7. The Labute approximate surface area is 244 Å². The van der Waals surface area contributed by atoms with Crippen molar-refractivity contribution in [3.05, 3.63) is 71.7 Å². The van der Waals surface area contributed by atoms with E-state index >= 15 is 4.39 Å². The molecule has 10 nitrogen and oxygen atoms in total. The fraction of sp³-hybridized carbons (Fsp3) is 0.355. The van der Waals surface area contributed by atoms with Gasteiger partial charge in [-0.15, -0.1) is 0 Å². The maximum absolute atomic E-state index is 15.4. The van der Waals surface area contributed by atoms with Gasteiger partial charge in [0, 0.05) is 17.6 Å². The van der Waals surface area contributed by atoms with Gasteiger partial charge in [-0.05, 0) is 75.6 Å². The molecule has 1 amide bonds. The number of ether oxygens (including phenoxy) is 2. The van der Waals surface area contributed by atoms with Crippen LogP contribution in [0.2, 0.25) is 0 Å². The number of carbonyl (C=O) groups excluding carboxylic acids is 2. The Morgan fingerprint density at radius 3 is 2.43 bits per heavy atom. The summed E-state index contributed by atoms with van der Waals surface area (Å²) in [5.41, 5.74) is 7.19. The Balaban J connectivity index is 1.69. The number of aryl methyl sites for hydroxylation is 1. The Bertz CT molecular complexity index is 1580. The van der Waals surface area contributed by atoms with E-state index in [0.29, 0.717) is 11.4 Å². The lowest BCUT2D eigenvalue weighted by molar-refractivity contribution is -0.155.